The lowest BCUT2D eigenvalue weighted by Crippen LogP contribution is -2.66. The first kappa shape index (κ1) is 82.2. The monoisotopic (exact) mass is 1450 g/mol. The molecule has 6 aliphatic rings. The minimum Gasteiger partial charge on any atom is -0.343 e. The summed E-state index contributed by atoms with van der Waals surface area (Å²) in [6.07, 6.45) is 7.73. The summed E-state index contributed by atoms with van der Waals surface area (Å²) in [5.74, 6) is -8.65. The van der Waals surface area contributed by atoms with Crippen LogP contribution in [0.4, 0.5) is 13.2 Å². The molecule has 0 unspecified atom stereocenters. The van der Waals surface area contributed by atoms with Crippen molar-refractivity contribution in [3.05, 3.63) is 34.3 Å². The van der Waals surface area contributed by atoms with E-state index in [2.05, 4.69) is 16.0 Å². The molecular formula is C74H114ClF3N12O12. The molecule has 3 saturated heterocycles. The molecule has 0 radical (unpaired) electrons. The molecule has 102 heavy (non-hydrogen) atoms. The lowest BCUT2D eigenvalue weighted by Gasteiger charge is -2.44. The standard InChI is InChI=1S/C74H114ClF3N12O12/c1-12-48(4)63-70(100)84(7)45-61(93)82(5)46-62(94)86(9)57(42-49-26-16-13-17-27-49)68(98)83(6)44-59(91)79-54(34-32-50-31-33-52(53(75)41-50)74(76,77)78)67(97)90-39-25-20-30-55(90)66(96)81-73(35-21-22-36-73)72(102)88(11)64(51-28-18-14-19-29-51)71(101)87(10)58(69(99)89-37-23-15-24-38-89)43-60(92)85(8)56(40-47(2)3)65(95)80-63/h31,33,41,47-49,51,54-58,63-64H,12-30,32,34-40,42-46H2,1-11H3,(H,79,91)(H,80,95)(H,81,96)/t48-,54-,55-,56-,57-,58-,63-,64-/m0/s1. The number of halogens is 4. The molecule has 3 N–H and O–H groups in total. The zero-order chi connectivity index (χ0) is 75.1. The molecule has 3 aliphatic carbocycles. The van der Waals surface area contributed by atoms with Crippen molar-refractivity contribution in [2.45, 2.75) is 249 Å². The third kappa shape index (κ3) is 20.9. The van der Waals surface area contributed by atoms with Crippen molar-refractivity contribution >= 4 is 82.5 Å². The van der Waals surface area contributed by atoms with Crippen LogP contribution in [-0.4, -0.2) is 251 Å². The molecule has 570 valence electrons. The molecule has 1 aromatic carbocycles. The number of nitrogens with one attached hydrogen (secondary N) is 3. The fourth-order valence-electron chi connectivity index (χ4n) is 16.0. The van der Waals surface area contributed by atoms with Gasteiger partial charge in [0.05, 0.1) is 36.6 Å². The Labute approximate surface area is 605 Å². The summed E-state index contributed by atoms with van der Waals surface area (Å²) < 4.78 is 41.8. The fraction of sp³-hybridized carbons (Fsp3) is 0.757. The molecular weight excluding hydrogens is 1340 g/mol. The summed E-state index contributed by atoms with van der Waals surface area (Å²) in [4.78, 5) is 192. The van der Waals surface area contributed by atoms with Crippen molar-refractivity contribution in [3.63, 3.8) is 0 Å². The number of fused-ring (bicyclic) bond motifs is 1. The molecule has 0 bridgehead atoms. The van der Waals surface area contributed by atoms with Gasteiger partial charge in [0.2, 0.25) is 70.9 Å². The maximum Gasteiger partial charge on any atom is 0.417 e. The molecule has 6 fully saturated rings. The van der Waals surface area contributed by atoms with Gasteiger partial charge in [0, 0.05) is 69.0 Å². The highest BCUT2D eigenvalue weighted by Crippen LogP contribution is 2.39. The second-order valence-corrected chi connectivity index (χ2v) is 30.9. The second kappa shape index (κ2) is 37.1. The molecule has 3 heterocycles. The van der Waals surface area contributed by atoms with Crippen LogP contribution in [0.15, 0.2) is 18.2 Å². The maximum atomic E-state index is 15.9. The van der Waals surface area contributed by atoms with E-state index in [-0.39, 0.29) is 63.3 Å². The number of likely N-dealkylation sites (tertiary alicyclic amines) is 1. The van der Waals surface area contributed by atoms with Crippen molar-refractivity contribution in [1.29, 1.82) is 0 Å². The number of hydrogen-bond acceptors (Lipinski definition) is 12. The van der Waals surface area contributed by atoms with E-state index in [1.54, 1.807) is 11.8 Å². The Hall–Kier alpha value is -7.06. The SMILES string of the molecule is CC[C@H](C)[C@@H]1NC(=O)[C@H](CC(C)C)N(C)C(=O)C[C@@H](C(=O)N2CCCCC2)N(C)C(=O)[C@H](C2CCCCC2)N(C)C(=O)C2(CCCC2)NC(=O)[C@@H]2CCCCN2C(=O)[C@H](CCc2ccc(C(F)(F)F)c(Cl)c2)NC(=O)CN(C)C(=O)[C@H](CC2CCCCC2)N(C)C(=O)CN(C)C(=O)CN(C)C1=O. The Morgan fingerprint density at radius 1 is 0.608 bits per heavy atom. The number of nitrogens with zero attached hydrogens (tertiary/aromatic N) is 9. The number of carbonyl (C=O) groups is 12. The van der Waals surface area contributed by atoms with Gasteiger partial charge in [-0.05, 0) is 131 Å². The summed E-state index contributed by atoms with van der Waals surface area (Å²) in [6, 6.07) is -5.52. The summed E-state index contributed by atoms with van der Waals surface area (Å²) in [5.41, 5.74) is -2.34. The van der Waals surface area contributed by atoms with Gasteiger partial charge in [0.1, 0.15) is 47.8 Å². The van der Waals surface area contributed by atoms with E-state index in [1.165, 1.54) is 79.9 Å². The van der Waals surface area contributed by atoms with Crippen molar-refractivity contribution in [2.24, 2.45) is 23.7 Å². The minimum atomic E-state index is -4.76. The number of carbonyl (C=O) groups excluding carboxylic acids is 12. The summed E-state index contributed by atoms with van der Waals surface area (Å²) in [7, 11) is 10.1. The normalized spacial score (nSPS) is 26.8. The fourth-order valence-corrected chi connectivity index (χ4v) is 16.3. The summed E-state index contributed by atoms with van der Waals surface area (Å²) in [5, 5.41) is 8.25. The van der Waals surface area contributed by atoms with Crippen molar-refractivity contribution in [2.75, 3.05) is 88.6 Å². The number of hydrogen-bond donors (Lipinski definition) is 3. The first-order chi connectivity index (χ1) is 48.2. The topological polar surface area (TPSA) is 270 Å². The van der Waals surface area contributed by atoms with Gasteiger partial charge in [-0.25, -0.2) is 0 Å². The van der Waals surface area contributed by atoms with Gasteiger partial charge in [0.15, 0.2) is 0 Å². The van der Waals surface area contributed by atoms with E-state index in [1.807, 2.05) is 20.8 Å². The lowest BCUT2D eigenvalue weighted by molar-refractivity contribution is -0.157. The maximum absolute atomic E-state index is 15.9. The number of aryl methyl sites for hydroxylation is 1. The van der Waals surface area contributed by atoms with Crippen molar-refractivity contribution < 1.29 is 70.7 Å². The van der Waals surface area contributed by atoms with E-state index < -0.39 is 173 Å². The van der Waals surface area contributed by atoms with Gasteiger partial charge >= 0.3 is 6.18 Å². The van der Waals surface area contributed by atoms with Gasteiger partial charge in [0.25, 0.3) is 0 Å². The molecule has 1 aromatic rings. The van der Waals surface area contributed by atoms with Gasteiger partial charge in [-0.2, -0.15) is 13.2 Å². The summed E-state index contributed by atoms with van der Waals surface area (Å²) in [6.45, 7) is 6.48. The van der Waals surface area contributed by atoms with Crippen LogP contribution in [-0.2, 0) is 70.1 Å². The number of piperidine rings is 2. The van der Waals surface area contributed by atoms with E-state index >= 15 is 28.8 Å². The molecule has 8 atom stereocenters. The Morgan fingerprint density at radius 2 is 1.19 bits per heavy atom. The summed E-state index contributed by atoms with van der Waals surface area (Å²) >= 11 is 6.18. The largest absolute Gasteiger partial charge is 0.417 e. The van der Waals surface area contributed by atoms with Crippen molar-refractivity contribution in [3.8, 4) is 0 Å². The van der Waals surface area contributed by atoms with E-state index in [0.717, 1.165) is 84.6 Å². The first-order valence-electron chi connectivity index (χ1n) is 37.4. The molecule has 3 saturated carbocycles. The van der Waals surface area contributed by atoms with Gasteiger partial charge < -0.3 is 60.0 Å². The zero-order valence-corrected chi connectivity index (χ0v) is 62.9. The molecule has 12 amide bonds. The number of amides is 12. The number of likely N-dealkylation sites (N-methyl/N-ethyl adjacent to an activating group) is 7. The molecule has 24 nitrogen and oxygen atoms in total. The Balaban J connectivity index is 1.30. The third-order valence-electron chi connectivity index (χ3n) is 22.6. The molecule has 1 spiro atoms. The van der Waals surface area contributed by atoms with E-state index in [9.17, 15) is 41.9 Å². The van der Waals surface area contributed by atoms with Crippen LogP contribution in [0.2, 0.25) is 5.02 Å². The average Bonchev–Trinajstić information content (AvgIpc) is 1.39. The zero-order valence-electron chi connectivity index (χ0n) is 62.1. The second-order valence-electron chi connectivity index (χ2n) is 30.5. The molecule has 7 rings (SSSR count). The average molecular weight is 1460 g/mol. The number of rotatable bonds is 11. The van der Waals surface area contributed by atoms with Crippen LogP contribution in [0.25, 0.3) is 0 Å². The van der Waals surface area contributed by atoms with Crippen LogP contribution in [0.5, 0.6) is 0 Å². The molecule has 0 aromatic heterocycles. The third-order valence-corrected chi connectivity index (χ3v) is 22.9. The van der Waals surface area contributed by atoms with Crippen LogP contribution in [0.1, 0.15) is 199 Å². The highest BCUT2D eigenvalue weighted by Gasteiger charge is 2.51. The van der Waals surface area contributed by atoms with Crippen LogP contribution >= 0.6 is 11.6 Å². The van der Waals surface area contributed by atoms with Crippen LogP contribution in [0, 0.1) is 23.7 Å². The predicted molar refractivity (Wildman–Crippen MR) is 378 cm³/mol. The first-order valence-corrected chi connectivity index (χ1v) is 37.7. The Morgan fingerprint density at radius 3 is 1.79 bits per heavy atom. The smallest absolute Gasteiger partial charge is 0.343 e. The van der Waals surface area contributed by atoms with Gasteiger partial charge in [-0.1, -0.05) is 116 Å². The Kier molecular flexibility index (Phi) is 29.9. The van der Waals surface area contributed by atoms with Crippen LogP contribution in [0.3, 0.4) is 0 Å². The minimum absolute atomic E-state index is 0.0190. The highest BCUT2D eigenvalue weighted by atomic mass is 35.5. The lowest BCUT2D eigenvalue weighted by atomic mass is 9.81. The van der Waals surface area contributed by atoms with Gasteiger partial charge in [-0.15, -0.1) is 0 Å². The predicted octanol–water partition coefficient (Wildman–Crippen LogP) is 6.81. The molecule has 28 heteroatoms. The van der Waals surface area contributed by atoms with E-state index in [4.69, 9.17) is 11.6 Å². The number of benzene rings is 1. The van der Waals surface area contributed by atoms with Crippen LogP contribution < -0.4 is 16.0 Å². The number of alkyl halides is 3. The van der Waals surface area contributed by atoms with Gasteiger partial charge in [-0.3, -0.25) is 57.5 Å². The van der Waals surface area contributed by atoms with E-state index in [0.29, 0.717) is 76.4 Å². The highest BCUT2D eigenvalue weighted by molar-refractivity contribution is 6.31. The van der Waals surface area contributed by atoms with Crippen molar-refractivity contribution in [1.82, 2.24) is 60.0 Å². The molecule has 3 aliphatic heterocycles. The Bertz CT molecular complexity index is 3150. The quantitative estimate of drug-likeness (QED) is 0.206.